The highest BCUT2D eigenvalue weighted by atomic mass is 32.1. The van der Waals surface area contributed by atoms with E-state index in [1.54, 1.807) is 12.1 Å². The van der Waals surface area contributed by atoms with E-state index >= 15 is 0 Å². The van der Waals surface area contributed by atoms with Crippen LogP contribution in [0, 0.1) is 11.3 Å². The Balaban J connectivity index is 1.63. The highest BCUT2D eigenvalue weighted by Crippen LogP contribution is 2.29. The Bertz CT molecular complexity index is 815. The minimum absolute atomic E-state index is 0.215. The number of hydrogen-bond acceptors (Lipinski definition) is 5. The number of fused-ring (bicyclic) bond motifs is 1. The smallest absolute Gasteiger partial charge is 0.348 e. The summed E-state index contributed by atoms with van der Waals surface area (Å²) in [7, 11) is 0. The van der Waals surface area contributed by atoms with Gasteiger partial charge in [0.2, 0.25) is 0 Å². The predicted octanol–water partition coefficient (Wildman–Crippen LogP) is 4.12. The molecule has 0 saturated heterocycles. The van der Waals surface area contributed by atoms with Crippen molar-refractivity contribution < 1.29 is 14.3 Å². The normalized spacial score (nSPS) is 13.1. The molecule has 0 aliphatic heterocycles. The third-order valence-electron chi connectivity index (χ3n) is 4.59. The number of thiophene rings is 1. The molecule has 27 heavy (non-hydrogen) atoms. The summed E-state index contributed by atoms with van der Waals surface area (Å²) in [4.78, 5) is 28.3. The molecule has 1 aromatic heterocycles. The molecule has 2 aromatic rings. The van der Waals surface area contributed by atoms with Gasteiger partial charge in [0.15, 0.2) is 6.61 Å². The lowest BCUT2D eigenvalue weighted by Crippen LogP contribution is -2.35. The Hall–Kier alpha value is -2.65. The summed E-state index contributed by atoms with van der Waals surface area (Å²) in [5.74, 6) is -0.780. The number of nitrogens with zero attached hydrogens (tertiary/aromatic N) is 2. The SMILES string of the molecule is N#CCCN(C(=O)COC(=O)c1cc2c(s1)CCCCC2)c1ccccc1. The molecule has 1 aliphatic rings. The number of aryl methyl sites for hydroxylation is 2. The molecule has 1 aromatic carbocycles. The Morgan fingerprint density at radius 2 is 1.93 bits per heavy atom. The zero-order valence-electron chi connectivity index (χ0n) is 15.1. The van der Waals surface area contributed by atoms with Crippen molar-refractivity contribution in [3.63, 3.8) is 0 Å². The molecule has 0 saturated carbocycles. The van der Waals surface area contributed by atoms with Crippen LogP contribution in [0.5, 0.6) is 0 Å². The van der Waals surface area contributed by atoms with E-state index in [1.807, 2.05) is 30.3 Å². The standard InChI is InChI=1S/C21H22N2O3S/c22-12-7-13-23(17-9-4-2-5-10-17)20(24)15-26-21(25)19-14-16-8-3-1-6-11-18(16)27-19/h2,4-5,9-10,14H,1,3,6-8,11,13,15H2. The summed E-state index contributed by atoms with van der Waals surface area (Å²) in [6, 6.07) is 13.1. The summed E-state index contributed by atoms with van der Waals surface area (Å²) in [5.41, 5.74) is 1.94. The van der Waals surface area contributed by atoms with Gasteiger partial charge in [0, 0.05) is 17.1 Å². The number of carbonyl (C=O) groups excluding carboxylic acids is 2. The van der Waals surface area contributed by atoms with Gasteiger partial charge < -0.3 is 9.64 Å². The van der Waals surface area contributed by atoms with Gasteiger partial charge in [-0.2, -0.15) is 5.26 Å². The van der Waals surface area contributed by atoms with E-state index in [9.17, 15) is 9.59 Å². The summed E-state index contributed by atoms with van der Waals surface area (Å²) >= 11 is 1.48. The Morgan fingerprint density at radius 3 is 2.70 bits per heavy atom. The van der Waals surface area contributed by atoms with E-state index in [4.69, 9.17) is 10.00 Å². The van der Waals surface area contributed by atoms with Gasteiger partial charge in [0.1, 0.15) is 4.88 Å². The topological polar surface area (TPSA) is 70.4 Å². The van der Waals surface area contributed by atoms with Crippen molar-refractivity contribution in [2.45, 2.75) is 38.5 Å². The molecule has 1 amide bonds. The molecular weight excluding hydrogens is 360 g/mol. The zero-order chi connectivity index (χ0) is 19.1. The molecular formula is C21H22N2O3S. The summed E-state index contributed by atoms with van der Waals surface area (Å²) < 4.78 is 5.28. The average molecular weight is 382 g/mol. The molecule has 0 bridgehead atoms. The zero-order valence-corrected chi connectivity index (χ0v) is 16.0. The minimum Gasteiger partial charge on any atom is -0.451 e. The van der Waals surface area contributed by atoms with Gasteiger partial charge in [0.05, 0.1) is 12.5 Å². The van der Waals surface area contributed by atoms with Gasteiger partial charge in [-0.05, 0) is 49.4 Å². The molecule has 6 heteroatoms. The first-order valence-electron chi connectivity index (χ1n) is 9.20. The van der Waals surface area contributed by atoms with E-state index in [0.29, 0.717) is 10.6 Å². The minimum atomic E-state index is -0.449. The fourth-order valence-electron chi connectivity index (χ4n) is 3.21. The Labute approximate surface area is 163 Å². The molecule has 140 valence electrons. The molecule has 0 unspecified atom stereocenters. The van der Waals surface area contributed by atoms with Crippen molar-refractivity contribution in [2.24, 2.45) is 0 Å². The Kier molecular flexibility index (Phi) is 6.61. The van der Waals surface area contributed by atoms with Crippen LogP contribution < -0.4 is 4.90 Å². The molecule has 1 heterocycles. The van der Waals surface area contributed by atoms with Gasteiger partial charge in [-0.3, -0.25) is 4.79 Å². The number of carbonyl (C=O) groups is 2. The van der Waals surface area contributed by atoms with E-state index in [-0.39, 0.29) is 25.5 Å². The number of nitriles is 1. The quantitative estimate of drug-likeness (QED) is 0.557. The number of ether oxygens (including phenoxy) is 1. The van der Waals surface area contributed by atoms with Crippen LogP contribution in [0.1, 0.15) is 45.8 Å². The number of amides is 1. The maximum atomic E-state index is 12.6. The number of hydrogen-bond donors (Lipinski definition) is 0. The third-order valence-corrected chi connectivity index (χ3v) is 5.81. The second-order valence-corrected chi connectivity index (χ2v) is 7.62. The average Bonchev–Trinajstić information content (AvgIpc) is 2.98. The van der Waals surface area contributed by atoms with Gasteiger partial charge in [-0.25, -0.2) is 4.79 Å². The third kappa shape index (κ3) is 4.95. The summed E-state index contributed by atoms with van der Waals surface area (Å²) in [6.07, 6.45) is 5.78. The van der Waals surface area contributed by atoms with Crippen molar-refractivity contribution >= 4 is 28.9 Å². The Morgan fingerprint density at radius 1 is 1.15 bits per heavy atom. The monoisotopic (exact) mass is 382 g/mol. The van der Waals surface area contributed by atoms with Crippen LogP contribution in [-0.2, 0) is 22.4 Å². The van der Waals surface area contributed by atoms with Crippen LogP contribution in [0.25, 0.3) is 0 Å². The molecule has 0 fully saturated rings. The van der Waals surface area contributed by atoms with Gasteiger partial charge in [-0.15, -0.1) is 11.3 Å². The van der Waals surface area contributed by atoms with Gasteiger partial charge in [-0.1, -0.05) is 24.6 Å². The number of rotatable bonds is 6. The van der Waals surface area contributed by atoms with Crippen LogP contribution in [-0.4, -0.2) is 25.0 Å². The fourth-order valence-corrected chi connectivity index (χ4v) is 4.36. The molecule has 0 N–H and O–H groups in total. The number of anilines is 1. The second-order valence-electron chi connectivity index (χ2n) is 6.48. The fraction of sp³-hybridized carbons (Fsp3) is 0.381. The van der Waals surface area contributed by atoms with Crippen LogP contribution in [0.15, 0.2) is 36.4 Å². The van der Waals surface area contributed by atoms with Crippen LogP contribution in [0.3, 0.4) is 0 Å². The molecule has 1 aliphatic carbocycles. The van der Waals surface area contributed by atoms with Crippen molar-refractivity contribution in [2.75, 3.05) is 18.1 Å². The molecule has 3 rings (SSSR count). The first-order valence-corrected chi connectivity index (χ1v) is 10.0. The van der Waals surface area contributed by atoms with Crippen molar-refractivity contribution in [1.82, 2.24) is 0 Å². The van der Waals surface area contributed by atoms with Crippen LogP contribution in [0.2, 0.25) is 0 Å². The molecule has 0 spiro atoms. The first kappa shape index (κ1) is 19.1. The lowest BCUT2D eigenvalue weighted by atomic mass is 10.1. The van der Waals surface area contributed by atoms with E-state index < -0.39 is 5.97 Å². The first-order chi connectivity index (χ1) is 13.2. The number of esters is 1. The van der Waals surface area contributed by atoms with Crippen molar-refractivity contribution in [1.29, 1.82) is 5.26 Å². The van der Waals surface area contributed by atoms with Crippen molar-refractivity contribution in [3.8, 4) is 6.07 Å². The van der Waals surface area contributed by atoms with Gasteiger partial charge in [0.25, 0.3) is 5.91 Å². The highest BCUT2D eigenvalue weighted by molar-refractivity contribution is 7.14. The summed E-state index contributed by atoms with van der Waals surface area (Å²) in [6.45, 7) is -0.0636. The van der Waals surface area contributed by atoms with E-state index in [2.05, 4.69) is 0 Å². The second kappa shape index (κ2) is 9.33. The molecule has 0 atom stereocenters. The highest BCUT2D eigenvalue weighted by Gasteiger charge is 2.21. The number of benzene rings is 1. The number of para-hydroxylation sites is 1. The van der Waals surface area contributed by atoms with E-state index in [1.165, 1.54) is 33.1 Å². The maximum Gasteiger partial charge on any atom is 0.348 e. The maximum absolute atomic E-state index is 12.6. The van der Waals surface area contributed by atoms with Crippen LogP contribution in [0.4, 0.5) is 5.69 Å². The predicted molar refractivity (Wildman–Crippen MR) is 105 cm³/mol. The van der Waals surface area contributed by atoms with Gasteiger partial charge >= 0.3 is 5.97 Å². The summed E-state index contributed by atoms with van der Waals surface area (Å²) in [5, 5.41) is 8.84. The lowest BCUT2D eigenvalue weighted by Gasteiger charge is -2.21. The lowest BCUT2D eigenvalue weighted by molar-refractivity contribution is -0.121. The van der Waals surface area contributed by atoms with Crippen LogP contribution >= 0.6 is 11.3 Å². The van der Waals surface area contributed by atoms with E-state index in [0.717, 1.165) is 25.7 Å². The molecule has 5 nitrogen and oxygen atoms in total. The molecule has 0 radical (unpaired) electrons. The van der Waals surface area contributed by atoms with Crippen molar-refractivity contribution in [3.05, 3.63) is 51.7 Å². The largest absolute Gasteiger partial charge is 0.451 e.